The maximum Gasteiger partial charge on any atom is 0.306 e. The molecule has 2 atom stereocenters. The van der Waals surface area contributed by atoms with Crippen LogP contribution in [0.3, 0.4) is 0 Å². The lowest BCUT2D eigenvalue weighted by Gasteiger charge is -2.38. The van der Waals surface area contributed by atoms with Crippen LogP contribution in [0.25, 0.3) is 0 Å². The number of ether oxygens (including phenoxy) is 1. The highest BCUT2D eigenvalue weighted by Gasteiger charge is 2.47. The number of benzene rings is 1. The van der Waals surface area contributed by atoms with Crippen molar-refractivity contribution in [2.75, 3.05) is 25.5 Å². The molecule has 1 saturated heterocycles. The van der Waals surface area contributed by atoms with E-state index in [4.69, 9.17) is 20.9 Å². The minimum Gasteiger partial charge on any atom is -0.469 e. The molecular weight excluding hydrogens is 542 g/mol. The van der Waals surface area contributed by atoms with Crippen LogP contribution in [-0.4, -0.2) is 48.0 Å². The number of aromatic nitrogens is 1. The second kappa shape index (κ2) is 11.8. The molecule has 1 aromatic heterocycles. The van der Waals surface area contributed by atoms with Crippen molar-refractivity contribution in [1.82, 2.24) is 10.1 Å². The average Bonchev–Trinajstić information content (AvgIpc) is 3.47. The van der Waals surface area contributed by atoms with Crippen molar-refractivity contribution in [2.45, 2.75) is 90.4 Å². The van der Waals surface area contributed by atoms with Gasteiger partial charge in [-0.2, -0.15) is 0 Å². The fourth-order valence-electron chi connectivity index (χ4n) is 6.62. The van der Waals surface area contributed by atoms with Crippen LogP contribution < -0.4 is 5.32 Å². The highest BCUT2D eigenvalue weighted by Crippen LogP contribution is 2.54. The molecule has 5 rings (SSSR count). The molecular formula is C32H42ClN3O5. The Labute approximate surface area is 247 Å². The van der Waals surface area contributed by atoms with Gasteiger partial charge in [-0.05, 0) is 74.0 Å². The summed E-state index contributed by atoms with van der Waals surface area (Å²) in [5.74, 6) is 0.787. The Balaban J connectivity index is 1.39. The van der Waals surface area contributed by atoms with E-state index in [1.54, 1.807) is 11.0 Å². The van der Waals surface area contributed by atoms with E-state index in [9.17, 15) is 14.4 Å². The molecule has 3 fully saturated rings. The maximum absolute atomic E-state index is 13.8. The van der Waals surface area contributed by atoms with E-state index < -0.39 is 11.9 Å². The van der Waals surface area contributed by atoms with Crippen molar-refractivity contribution in [3.63, 3.8) is 0 Å². The van der Waals surface area contributed by atoms with E-state index in [2.05, 4.69) is 31.2 Å². The Morgan fingerprint density at radius 1 is 1.12 bits per heavy atom. The molecule has 0 unspecified atom stereocenters. The molecule has 2 saturated carbocycles. The number of likely N-dealkylation sites (tertiary alicyclic amines) is 1. The Morgan fingerprint density at radius 3 is 2.49 bits per heavy atom. The Hall–Kier alpha value is -2.87. The van der Waals surface area contributed by atoms with Gasteiger partial charge in [0.2, 0.25) is 11.8 Å². The van der Waals surface area contributed by atoms with E-state index in [0.717, 1.165) is 42.7 Å². The highest BCUT2D eigenvalue weighted by molar-refractivity contribution is 6.33. The summed E-state index contributed by atoms with van der Waals surface area (Å²) in [6, 6.07) is 5.51. The number of hydrogen-bond acceptors (Lipinski definition) is 6. The molecule has 2 aliphatic carbocycles. The minimum absolute atomic E-state index is 0.00514. The van der Waals surface area contributed by atoms with E-state index >= 15 is 0 Å². The number of methoxy groups -OCH3 is 1. The third-order valence-corrected chi connectivity index (χ3v) is 9.10. The number of nitrogens with zero attached hydrogens (tertiary/aromatic N) is 2. The molecule has 1 N–H and O–H groups in total. The van der Waals surface area contributed by atoms with Gasteiger partial charge in [-0.3, -0.25) is 14.4 Å². The molecule has 9 heteroatoms. The third-order valence-electron chi connectivity index (χ3n) is 8.79. The zero-order valence-corrected chi connectivity index (χ0v) is 25.6. The zero-order valence-electron chi connectivity index (χ0n) is 24.8. The predicted octanol–water partition coefficient (Wildman–Crippen LogP) is 6.58. The van der Waals surface area contributed by atoms with Gasteiger partial charge in [-0.25, -0.2) is 0 Å². The van der Waals surface area contributed by atoms with Crippen LogP contribution in [0.1, 0.15) is 106 Å². The molecule has 1 aromatic carbocycles. The smallest absolute Gasteiger partial charge is 0.306 e. The van der Waals surface area contributed by atoms with Crippen LogP contribution in [0, 0.1) is 24.2 Å². The quantitative estimate of drug-likeness (QED) is 0.335. The van der Waals surface area contributed by atoms with Crippen molar-refractivity contribution >= 4 is 35.1 Å². The standard InChI is InChI=1S/C32H42ClN3O5/c1-18-6-9-25(24(33)12-18)34-31(39)23-17-36(26(37)10-11-27(38)40-5)16-22(23)29-28(20-7-8-20)30(41-35-29)21-13-19(14-21)15-32(2,3)4/h6,9,12,19-23H,7-8,10-11,13-17H2,1-5H3,(H,34,39)/t19?,21?,22-,23-/m0/s1. The van der Waals surface area contributed by atoms with Gasteiger partial charge in [0, 0.05) is 36.9 Å². The lowest BCUT2D eigenvalue weighted by molar-refractivity contribution is -0.143. The summed E-state index contributed by atoms with van der Waals surface area (Å²) < 4.78 is 10.8. The van der Waals surface area contributed by atoms with Crippen LogP contribution in [0.4, 0.5) is 5.69 Å². The fourth-order valence-corrected chi connectivity index (χ4v) is 6.90. The zero-order chi connectivity index (χ0) is 29.5. The lowest BCUT2D eigenvalue weighted by Crippen LogP contribution is -2.32. The Bertz CT molecular complexity index is 1300. The summed E-state index contributed by atoms with van der Waals surface area (Å²) in [5, 5.41) is 8.09. The minimum atomic E-state index is -0.528. The molecule has 222 valence electrons. The van der Waals surface area contributed by atoms with Gasteiger partial charge < -0.3 is 19.5 Å². The van der Waals surface area contributed by atoms with Gasteiger partial charge in [0.15, 0.2) is 0 Å². The summed E-state index contributed by atoms with van der Waals surface area (Å²) in [5.41, 5.74) is 3.83. The van der Waals surface area contributed by atoms with Crippen molar-refractivity contribution < 1.29 is 23.6 Å². The van der Waals surface area contributed by atoms with E-state index in [-0.39, 0.29) is 37.1 Å². The number of carbonyl (C=O) groups is 3. The lowest BCUT2D eigenvalue weighted by atomic mass is 9.66. The second-order valence-corrected chi connectivity index (χ2v) is 13.9. The maximum atomic E-state index is 13.8. The van der Waals surface area contributed by atoms with Gasteiger partial charge in [0.1, 0.15) is 5.76 Å². The van der Waals surface area contributed by atoms with Gasteiger partial charge in [0.05, 0.1) is 35.9 Å². The average molecular weight is 584 g/mol. The number of rotatable bonds is 9. The van der Waals surface area contributed by atoms with Crippen LogP contribution in [0.5, 0.6) is 0 Å². The van der Waals surface area contributed by atoms with Gasteiger partial charge in [-0.1, -0.05) is 43.6 Å². The van der Waals surface area contributed by atoms with Crippen molar-refractivity contribution in [3.8, 4) is 0 Å². The molecule has 0 radical (unpaired) electrons. The number of anilines is 1. The SMILES string of the molecule is COC(=O)CCC(=O)N1C[C@H](C(=O)Nc2ccc(C)cc2Cl)[C@@H](c2noc(C3CC(CC(C)(C)C)C3)c2C2CC2)C1. The first-order valence-corrected chi connectivity index (χ1v) is 15.2. The summed E-state index contributed by atoms with van der Waals surface area (Å²) in [4.78, 5) is 40.3. The van der Waals surface area contributed by atoms with Crippen LogP contribution in [0.15, 0.2) is 22.7 Å². The van der Waals surface area contributed by atoms with Crippen molar-refractivity contribution in [3.05, 3.63) is 45.8 Å². The molecule has 0 spiro atoms. The molecule has 2 heterocycles. The second-order valence-electron chi connectivity index (χ2n) is 13.5. The Morgan fingerprint density at radius 2 is 1.85 bits per heavy atom. The number of nitrogens with one attached hydrogen (secondary N) is 1. The van der Waals surface area contributed by atoms with E-state index in [0.29, 0.717) is 40.4 Å². The molecule has 1 aliphatic heterocycles. The number of carbonyl (C=O) groups excluding carboxylic acids is 3. The van der Waals surface area contributed by atoms with Gasteiger partial charge in [0.25, 0.3) is 0 Å². The number of esters is 1. The number of amides is 2. The Kier molecular flexibility index (Phi) is 8.51. The molecule has 41 heavy (non-hydrogen) atoms. The first kappa shape index (κ1) is 29.6. The fraction of sp³-hybridized carbons (Fsp3) is 0.625. The molecule has 8 nitrogen and oxygen atoms in total. The van der Waals surface area contributed by atoms with Crippen LogP contribution in [-0.2, 0) is 19.1 Å². The molecule has 3 aliphatic rings. The topological polar surface area (TPSA) is 102 Å². The normalized spacial score (nSPS) is 24.2. The summed E-state index contributed by atoms with van der Waals surface area (Å²) in [6.07, 6.45) is 5.61. The third kappa shape index (κ3) is 6.79. The number of halogens is 1. The first-order chi connectivity index (χ1) is 19.4. The summed E-state index contributed by atoms with van der Waals surface area (Å²) in [7, 11) is 1.31. The number of aryl methyl sites for hydroxylation is 1. The molecule has 2 amide bonds. The largest absolute Gasteiger partial charge is 0.469 e. The number of hydrogen-bond donors (Lipinski definition) is 1. The van der Waals surface area contributed by atoms with Crippen LogP contribution >= 0.6 is 11.6 Å². The monoisotopic (exact) mass is 583 g/mol. The van der Waals surface area contributed by atoms with Crippen LogP contribution in [0.2, 0.25) is 5.02 Å². The highest BCUT2D eigenvalue weighted by atomic mass is 35.5. The molecule has 2 aromatic rings. The first-order valence-electron chi connectivity index (χ1n) is 14.8. The summed E-state index contributed by atoms with van der Waals surface area (Å²) >= 11 is 6.43. The van der Waals surface area contributed by atoms with Crippen molar-refractivity contribution in [2.24, 2.45) is 17.3 Å². The van der Waals surface area contributed by atoms with E-state index in [1.165, 1.54) is 19.1 Å². The van der Waals surface area contributed by atoms with Gasteiger partial charge in [-0.15, -0.1) is 0 Å². The van der Waals surface area contributed by atoms with Gasteiger partial charge >= 0.3 is 5.97 Å². The molecule has 0 bridgehead atoms. The summed E-state index contributed by atoms with van der Waals surface area (Å²) in [6.45, 7) is 9.39. The van der Waals surface area contributed by atoms with Crippen molar-refractivity contribution in [1.29, 1.82) is 0 Å². The van der Waals surface area contributed by atoms with E-state index in [1.807, 2.05) is 19.1 Å². The predicted molar refractivity (Wildman–Crippen MR) is 157 cm³/mol.